The highest BCUT2D eigenvalue weighted by molar-refractivity contribution is 8.93. The highest BCUT2D eigenvalue weighted by Crippen LogP contribution is 2.24. The van der Waals surface area contributed by atoms with Crippen molar-refractivity contribution in [1.82, 2.24) is 4.98 Å². The van der Waals surface area contributed by atoms with Gasteiger partial charge in [-0.15, -0.1) is 34.0 Å². The predicted molar refractivity (Wildman–Crippen MR) is 112 cm³/mol. The number of nitrogens with zero attached hydrogens (tertiary/aromatic N) is 1. The Labute approximate surface area is 176 Å². The van der Waals surface area contributed by atoms with Gasteiger partial charge in [0, 0.05) is 10.4 Å². The van der Waals surface area contributed by atoms with E-state index < -0.39 is 18.0 Å². The monoisotopic (exact) mass is 511 g/mol. The topological polar surface area (TPSA) is 126 Å². The van der Waals surface area contributed by atoms with Gasteiger partial charge in [-0.1, -0.05) is 11.6 Å². The molecule has 0 saturated carbocycles. The van der Waals surface area contributed by atoms with Crippen molar-refractivity contribution < 1.29 is 19.8 Å². The first kappa shape index (κ1) is 24.6. The molecule has 0 amide bonds. The standard InChI is InChI=1S/C16H18ClN3O4.2BrH/c17-10-4-5-12-9(7-10)8-11(15(21)22)14(19-12)20-13(16(23)24)3-1-2-6-18;;/h4-5,7-8,13H,1-3,6,18H2,(H,19,20)(H,21,22)(H,23,24);2*1H/t13-;;/m0../s1. The van der Waals surface area contributed by atoms with Crippen LogP contribution in [0.1, 0.15) is 29.6 Å². The zero-order chi connectivity index (χ0) is 17.7. The number of pyridine rings is 1. The van der Waals surface area contributed by atoms with Crippen LogP contribution in [0.4, 0.5) is 5.82 Å². The van der Waals surface area contributed by atoms with Gasteiger partial charge in [-0.2, -0.15) is 0 Å². The van der Waals surface area contributed by atoms with E-state index in [9.17, 15) is 19.8 Å². The zero-order valence-electron chi connectivity index (χ0n) is 13.6. The first-order valence-corrected chi connectivity index (χ1v) is 7.83. The van der Waals surface area contributed by atoms with Gasteiger partial charge in [0.15, 0.2) is 0 Å². The van der Waals surface area contributed by atoms with Crippen molar-refractivity contribution in [3.8, 4) is 0 Å². The summed E-state index contributed by atoms with van der Waals surface area (Å²) in [4.78, 5) is 27.1. The van der Waals surface area contributed by atoms with E-state index in [1.165, 1.54) is 6.07 Å². The molecule has 1 aromatic heterocycles. The fraction of sp³-hybridized carbons (Fsp3) is 0.312. The second kappa shape index (κ2) is 11.3. The van der Waals surface area contributed by atoms with Gasteiger partial charge in [0.05, 0.1) is 5.52 Å². The number of carboxylic acids is 2. The van der Waals surface area contributed by atoms with Crippen molar-refractivity contribution in [1.29, 1.82) is 0 Å². The van der Waals surface area contributed by atoms with E-state index in [1.54, 1.807) is 18.2 Å². The number of aromatic nitrogens is 1. The number of hydrogen-bond acceptors (Lipinski definition) is 5. The van der Waals surface area contributed by atoms with Gasteiger partial charge in [-0.05, 0) is 50.1 Å². The molecule has 0 aliphatic heterocycles. The van der Waals surface area contributed by atoms with Gasteiger partial charge in [0.2, 0.25) is 0 Å². The van der Waals surface area contributed by atoms with Crippen LogP contribution < -0.4 is 11.1 Å². The van der Waals surface area contributed by atoms with E-state index in [2.05, 4.69) is 10.3 Å². The highest BCUT2D eigenvalue weighted by Gasteiger charge is 2.21. The van der Waals surface area contributed by atoms with Crippen LogP contribution in [-0.4, -0.2) is 39.7 Å². The first-order valence-electron chi connectivity index (χ1n) is 7.45. The summed E-state index contributed by atoms with van der Waals surface area (Å²) in [6.45, 7) is 0.474. The largest absolute Gasteiger partial charge is 0.480 e. The third-order valence-electron chi connectivity index (χ3n) is 3.56. The van der Waals surface area contributed by atoms with Crippen molar-refractivity contribution in [2.45, 2.75) is 25.3 Å². The number of nitrogens with two attached hydrogens (primary N) is 1. The van der Waals surface area contributed by atoms with E-state index in [-0.39, 0.29) is 45.3 Å². The van der Waals surface area contributed by atoms with Crippen LogP contribution in [-0.2, 0) is 4.79 Å². The first-order chi connectivity index (χ1) is 11.4. The fourth-order valence-electron chi connectivity index (χ4n) is 2.34. The summed E-state index contributed by atoms with van der Waals surface area (Å²) in [5.41, 5.74) is 5.84. The van der Waals surface area contributed by atoms with Crippen LogP contribution in [0.15, 0.2) is 24.3 Å². The van der Waals surface area contributed by atoms with Gasteiger partial charge in [-0.25, -0.2) is 14.6 Å². The number of aromatic carboxylic acids is 1. The Morgan fingerprint density at radius 1 is 1.19 bits per heavy atom. The molecule has 5 N–H and O–H groups in total. The number of anilines is 1. The Bertz CT molecular complexity index is 776. The van der Waals surface area contributed by atoms with Crippen molar-refractivity contribution in [2.75, 3.05) is 11.9 Å². The Hall–Kier alpha value is -1.42. The molecule has 0 spiro atoms. The molecule has 2 aromatic rings. The molecular formula is C16H20Br2ClN3O4. The van der Waals surface area contributed by atoms with Gasteiger partial charge < -0.3 is 21.3 Å². The molecule has 0 fully saturated rings. The average molecular weight is 514 g/mol. The summed E-state index contributed by atoms with van der Waals surface area (Å²) in [6.07, 6.45) is 1.64. The number of fused-ring (bicyclic) bond motifs is 1. The molecule has 0 aliphatic rings. The lowest BCUT2D eigenvalue weighted by atomic mass is 10.1. The molecule has 1 aromatic carbocycles. The Kier molecular flexibility index (Phi) is 10.7. The summed E-state index contributed by atoms with van der Waals surface area (Å²) in [7, 11) is 0. The lowest BCUT2D eigenvalue weighted by Crippen LogP contribution is -2.30. The smallest absolute Gasteiger partial charge is 0.339 e. The van der Waals surface area contributed by atoms with E-state index >= 15 is 0 Å². The summed E-state index contributed by atoms with van der Waals surface area (Å²) in [6, 6.07) is 5.38. The molecule has 144 valence electrons. The number of carboxylic acid groups (broad SMARTS) is 2. The van der Waals surface area contributed by atoms with Crippen LogP contribution >= 0.6 is 45.6 Å². The number of nitrogens with one attached hydrogen (secondary N) is 1. The van der Waals surface area contributed by atoms with Crippen LogP contribution in [0.25, 0.3) is 10.9 Å². The van der Waals surface area contributed by atoms with Crippen LogP contribution in [0.2, 0.25) is 5.02 Å². The number of aliphatic carboxylic acids is 1. The maximum atomic E-state index is 11.5. The van der Waals surface area contributed by atoms with E-state index in [0.717, 1.165) is 0 Å². The average Bonchev–Trinajstić information content (AvgIpc) is 2.53. The minimum absolute atomic E-state index is 0. The lowest BCUT2D eigenvalue weighted by Gasteiger charge is -2.17. The Balaban J connectivity index is 0.00000312. The maximum absolute atomic E-state index is 11.5. The van der Waals surface area contributed by atoms with Crippen molar-refractivity contribution in [2.24, 2.45) is 5.73 Å². The van der Waals surface area contributed by atoms with E-state index in [1.807, 2.05) is 0 Å². The molecule has 0 saturated heterocycles. The molecule has 10 heteroatoms. The maximum Gasteiger partial charge on any atom is 0.339 e. The normalized spacial score (nSPS) is 11.2. The van der Waals surface area contributed by atoms with Gasteiger partial charge in [0.1, 0.15) is 17.4 Å². The van der Waals surface area contributed by atoms with Crippen LogP contribution in [0, 0.1) is 0 Å². The molecule has 26 heavy (non-hydrogen) atoms. The molecule has 7 nitrogen and oxygen atoms in total. The Morgan fingerprint density at radius 3 is 2.46 bits per heavy atom. The number of benzene rings is 1. The number of rotatable bonds is 8. The minimum atomic E-state index is -1.20. The molecular weight excluding hydrogens is 493 g/mol. The molecule has 0 bridgehead atoms. The minimum Gasteiger partial charge on any atom is -0.480 e. The van der Waals surface area contributed by atoms with E-state index in [4.69, 9.17) is 17.3 Å². The fourth-order valence-corrected chi connectivity index (χ4v) is 2.52. The lowest BCUT2D eigenvalue weighted by molar-refractivity contribution is -0.138. The van der Waals surface area contributed by atoms with Gasteiger partial charge >= 0.3 is 11.9 Å². The Morgan fingerprint density at radius 2 is 1.88 bits per heavy atom. The summed E-state index contributed by atoms with van der Waals surface area (Å²) in [5.74, 6) is -2.24. The van der Waals surface area contributed by atoms with E-state index in [0.29, 0.717) is 41.7 Å². The second-order valence-corrected chi connectivity index (χ2v) is 5.78. The SMILES string of the molecule is Br.Br.NCCCC[C@H](Nc1nc2ccc(Cl)cc2cc1C(=O)O)C(=O)O. The third kappa shape index (κ3) is 6.39. The third-order valence-corrected chi connectivity index (χ3v) is 3.80. The van der Waals surface area contributed by atoms with Crippen LogP contribution in [0.5, 0.6) is 0 Å². The highest BCUT2D eigenvalue weighted by atomic mass is 79.9. The number of halogens is 3. The molecule has 0 radical (unpaired) electrons. The molecule has 0 unspecified atom stereocenters. The summed E-state index contributed by atoms with van der Waals surface area (Å²) < 4.78 is 0. The van der Waals surface area contributed by atoms with Crippen molar-refractivity contribution in [3.63, 3.8) is 0 Å². The number of hydrogen-bond donors (Lipinski definition) is 4. The summed E-state index contributed by atoms with van der Waals surface area (Å²) >= 11 is 5.91. The molecule has 0 aliphatic carbocycles. The summed E-state index contributed by atoms with van der Waals surface area (Å²) in [5, 5.41) is 22.5. The van der Waals surface area contributed by atoms with Gasteiger partial charge in [0.25, 0.3) is 0 Å². The second-order valence-electron chi connectivity index (χ2n) is 5.35. The zero-order valence-corrected chi connectivity index (χ0v) is 17.8. The number of unbranched alkanes of at least 4 members (excludes halogenated alkanes) is 1. The van der Waals surface area contributed by atoms with Gasteiger partial charge in [-0.3, -0.25) is 0 Å². The molecule has 2 rings (SSSR count). The van der Waals surface area contributed by atoms with Crippen LogP contribution in [0.3, 0.4) is 0 Å². The predicted octanol–water partition coefficient (Wildman–Crippen LogP) is 3.74. The molecule has 1 atom stereocenters. The van der Waals surface area contributed by atoms with Crippen molar-refractivity contribution >= 4 is 74.2 Å². The number of carbonyl (C=O) groups is 2. The quantitative estimate of drug-likeness (QED) is 0.396. The van der Waals surface area contributed by atoms with Crippen molar-refractivity contribution in [3.05, 3.63) is 34.9 Å². The molecule has 1 heterocycles.